The zero-order valence-corrected chi connectivity index (χ0v) is 24.9. The summed E-state index contributed by atoms with van der Waals surface area (Å²) in [5.41, 5.74) is 7.93. The SMILES string of the molecule is CCN(CCOC)C(=O)N(Cc1ccc(C)cc1)c1ccc(-c2ccc(CN3CCCC3CO)cc2)cc1.O=CNO. The molecule has 1 fully saturated rings. The molecule has 0 saturated carbocycles. The van der Waals surface area contributed by atoms with Gasteiger partial charge in [0, 0.05) is 38.5 Å². The first kappa shape index (κ1) is 32.8. The molecule has 0 bridgehead atoms. The zero-order valence-electron chi connectivity index (χ0n) is 24.9. The van der Waals surface area contributed by atoms with Crippen LogP contribution in [0.25, 0.3) is 11.1 Å². The number of amides is 3. The van der Waals surface area contributed by atoms with Crippen LogP contribution in [0, 0.1) is 6.92 Å². The summed E-state index contributed by atoms with van der Waals surface area (Å²) >= 11 is 0. The molecule has 1 aliphatic rings. The molecule has 0 aliphatic carbocycles. The predicted octanol–water partition coefficient (Wildman–Crippen LogP) is 4.84. The Hall–Kier alpha value is -3.76. The molecule has 0 aromatic heterocycles. The van der Waals surface area contributed by atoms with Crippen molar-refractivity contribution in [3.63, 3.8) is 0 Å². The summed E-state index contributed by atoms with van der Waals surface area (Å²) in [4.78, 5) is 28.5. The van der Waals surface area contributed by atoms with Crippen molar-refractivity contribution < 1.29 is 24.6 Å². The minimum Gasteiger partial charge on any atom is -0.395 e. The first-order valence-electron chi connectivity index (χ1n) is 14.4. The molecule has 0 spiro atoms. The quantitative estimate of drug-likeness (QED) is 0.162. The van der Waals surface area contributed by atoms with Gasteiger partial charge in [-0.15, -0.1) is 0 Å². The number of rotatable bonds is 12. The molecule has 226 valence electrons. The van der Waals surface area contributed by atoms with Gasteiger partial charge < -0.3 is 14.7 Å². The van der Waals surface area contributed by atoms with Crippen LogP contribution in [0.15, 0.2) is 72.8 Å². The number of carbonyl (C=O) groups excluding carboxylic acids is 2. The number of likely N-dealkylation sites (N-methyl/N-ethyl adjacent to an activating group) is 1. The Labute approximate surface area is 249 Å². The summed E-state index contributed by atoms with van der Waals surface area (Å²) in [7, 11) is 1.66. The molecule has 3 N–H and O–H groups in total. The molecule has 3 aromatic carbocycles. The second-order valence-corrected chi connectivity index (χ2v) is 10.4. The molecular weight excluding hydrogens is 532 g/mol. The predicted molar refractivity (Wildman–Crippen MR) is 165 cm³/mol. The molecule has 1 atom stereocenters. The van der Waals surface area contributed by atoms with Crippen molar-refractivity contribution >= 4 is 18.1 Å². The fourth-order valence-corrected chi connectivity index (χ4v) is 5.09. The molecule has 4 rings (SSSR count). The van der Waals surface area contributed by atoms with E-state index in [0.717, 1.165) is 48.3 Å². The summed E-state index contributed by atoms with van der Waals surface area (Å²) in [5.74, 6) is 0. The van der Waals surface area contributed by atoms with Crippen LogP contribution in [0.3, 0.4) is 0 Å². The lowest BCUT2D eigenvalue weighted by molar-refractivity contribution is -0.116. The van der Waals surface area contributed by atoms with Gasteiger partial charge in [0.1, 0.15) is 0 Å². The fourth-order valence-electron chi connectivity index (χ4n) is 5.09. The molecule has 3 amide bonds. The van der Waals surface area contributed by atoms with Crippen molar-refractivity contribution in [2.45, 2.75) is 45.8 Å². The lowest BCUT2D eigenvalue weighted by atomic mass is 10.0. The van der Waals surface area contributed by atoms with E-state index in [1.807, 2.05) is 28.9 Å². The number of hydrogen-bond donors (Lipinski definition) is 3. The number of methoxy groups -OCH3 is 1. The van der Waals surface area contributed by atoms with Gasteiger partial charge in [0.15, 0.2) is 0 Å². The molecule has 9 nitrogen and oxygen atoms in total. The second kappa shape index (κ2) is 17.3. The number of anilines is 1. The maximum Gasteiger partial charge on any atom is 0.324 e. The normalized spacial score (nSPS) is 14.5. The second-order valence-electron chi connectivity index (χ2n) is 10.4. The minimum absolute atomic E-state index is 0.0228. The van der Waals surface area contributed by atoms with Crippen molar-refractivity contribution in [2.75, 3.05) is 44.9 Å². The number of aliphatic hydroxyl groups is 1. The number of hydroxylamine groups is 1. The number of aryl methyl sites for hydroxylation is 1. The molecule has 1 unspecified atom stereocenters. The molecule has 9 heteroatoms. The smallest absolute Gasteiger partial charge is 0.324 e. The highest BCUT2D eigenvalue weighted by atomic mass is 16.5. The highest BCUT2D eigenvalue weighted by molar-refractivity contribution is 5.92. The summed E-state index contributed by atoms with van der Waals surface area (Å²) in [6.45, 7) is 8.40. The van der Waals surface area contributed by atoms with Crippen molar-refractivity contribution in [3.05, 3.63) is 89.5 Å². The highest BCUT2D eigenvalue weighted by Crippen LogP contribution is 2.27. The summed E-state index contributed by atoms with van der Waals surface area (Å²) in [6.07, 6.45) is 2.41. The Balaban J connectivity index is 0.00000114. The van der Waals surface area contributed by atoms with Crippen LogP contribution in [0.2, 0.25) is 0 Å². The standard InChI is InChI=1S/C32H41N3O3.CH3NO2/c1-4-33(20-21-38-3)32(37)35(23-27-9-7-25(2)8-10-27)30-17-15-29(16-18-30)28-13-11-26(12-14-28)22-34-19-5-6-31(34)24-36;3-1-2-4/h7-18,31,36H,4-6,19-24H2,1-3H3;1,4H,(H,2,3). The van der Waals surface area contributed by atoms with Gasteiger partial charge in [0.05, 0.1) is 19.8 Å². The maximum atomic E-state index is 13.6. The van der Waals surface area contributed by atoms with Crippen LogP contribution in [0.1, 0.15) is 36.5 Å². The molecule has 0 radical (unpaired) electrons. The van der Waals surface area contributed by atoms with Gasteiger partial charge in [0.2, 0.25) is 6.41 Å². The van der Waals surface area contributed by atoms with Crippen molar-refractivity contribution in [2.24, 2.45) is 0 Å². The van der Waals surface area contributed by atoms with E-state index in [-0.39, 0.29) is 25.1 Å². The van der Waals surface area contributed by atoms with Crippen molar-refractivity contribution in [3.8, 4) is 11.1 Å². The summed E-state index contributed by atoms with van der Waals surface area (Å²) in [5, 5.41) is 16.9. The molecule has 42 heavy (non-hydrogen) atoms. The Kier molecular flexibility index (Phi) is 13.5. The van der Waals surface area contributed by atoms with Gasteiger partial charge in [-0.05, 0) is 67.6 Å². The fraction of sp³-hybridized carbons (Fsp3) is 0.394. The number of carbonyl (C=O) groups is 2. The monoisotopic (exact) mass is 576 g/mol. The number of nitrogens with zero attached hydrogens (tertiary/aromatic N) is 3. The summed E-state index contributed by atoms with van der Waals surface area (Å²) < 4.78 is 5.24. The highest BCUT2D eigenvalue weighted by Gasteiger charge is 2.24. The average Bonchev–Trinajstić information content (AvgIpc) is 3.48. The number of benzene rings is 3. The first-order chi connectivity index (χ1) is 20.4. The van der Waals surface area contributed by atoms with E-state index in [1.165, 1.54) is 16.6 Å². The first-order valence-corrected chi connectivity index (χ1v) is 14.4. The number of ether oxygens (including phenoxy) is 1. The number of urea groups is 1. The Bertz CT molecular complexity index is 1220. The van der Waals surface area contributed by atoms with Gasteiger partial charge >= 0.3 is 6.03 Å². The van der Waals surface area contributed by atoms with Crippen LogP contribution in [0.5, 0.6) is 0 Å². The molecule has 3 aromatic rings. The number of nitrogens with one attached hydrogen (secondary N) is 1. The number of aliphatic hydroxyl groups excluding tert-OH is 1. The van der Waals surface area contributed by atoms with Crippen LogP contribution in [0.4, 0.5) is 10.5 Å². The third kappa shape index (κ3) is 9.39. The average molecular weight is 577 g/mol. The van der Waals surface area contributed by atoms with Crippen LogP contribution in [-0.4, -0.2) is 78.6 Å². The number of hydrogen-bond acceptors (Lipinski definition) is 6. The molecular formula is C33H44N4O5. The molecule has 1 aliphatic heterocycles. The number of likely N-dealkylation sites (tertiary alicyclic amines) is 1. The summed E-state index contributed by atoms with van der Waals surface area (Å²) in [6, 6.07) is 25.5. The Morgan fingerprint density at radius 2 is 1.62 bits per heavy atom. The van der Waals surface area contributed by atoms with Gasteiger partial charge in [-0.2, -0.15) is 0 Å². The van der Waals surface area contributed by atoms with E-state index in [1.54, 1.807) is 7.11 Å². The minimum atomic E-state index is -0.0228. The van der Waals surface area contributed by atoms with Crippen LogP contribution in [-0.2, 0) is 22.6 Å². The third-order valence-electron chi connectivity index (χ3n) is 7.52. The van der Waals surface area contributed by atoms with E-state index in [9.17, 15) is 9.90 Å². The topological polar surface area (TPSA) is 106 Å². The van der Waals surface area contributed by atoms with E-state index in [2.05, 4.69) is 72.5 Å². The van der Waals surface area contributed by atoms with Crippen LogP contribution >= 0.6 is 0 Å². The van der Waals surface area contributed by atoms with E-state index in [0.29, 0.717) is 26.2 Å². The largest absolute Gasteiger partial charge is 0.395 e. The van der Waals surface area contributed by atoms with Gasteiger partial charge in [-0.25, -0.2) is 10.3 Å². The van der Waals surface area contributed by atoms with E-state index in [4.69, 9.17) is 14.7 Å². The van der Waals surface area contributed by atoms with Gasteiger partial charge in [0.25, 0.3) is 0 Å². The van der Waals surface area contributed by atoms with Gasteiger partial charge in [-0.1, -0.05) is 66.2 Å². The zero-order chi connectivity index (χ0) is 30.3. The van der Waals surface area contributed by atoms with Crippen LogP contribution < -0.4 is 10.4 Å². The lowest BCUT2D eigenvalue weighted by Gasteiger charge is -2.30. The van der Waals surface area contributed by atoms with E-state index >= 15 is 0 Å². The van der Waals surface area contributed by atoms with Crippen molar-refractivity contribution in [1.29, 1.82) is 0 Å². The van der Waals surface area contributed by atoms with Gasteiger partial charge in [-0.3, -0.25) is 19.8 Å². The third-order valence-corrected chi connectivity index (χ3v) is 7.52. The Morgan fingerprint density at radius 3 is 2.17 bits per heavy atom. The molecule has 1 heterocycles. The van der Waals surface area contributed by atoms with Crippen molar-refractivity contribution in [1.82, 2.24) is 15.3 Å². The lowest BCUT2D eigenvalue weighted by Crippen LogP contribution is -2.44. The van der Waals surface area contributed by atoms with E-state index < -0.39 is 0 Å². The Morgan fingerprint density at radius 1 is 1.02 bits per heavy atom. The maximum absolute atomic E-state index is 13.6. The molecule has 1 saturated heterocycles.